The Morgan fingerprint density at radius 1 is 1.18 bits per heavy atom. The fourth-order valence-electron chi connectivity index (χ4n) is 2.50. The third kappa shape index (κ3) is 2.53. The Bertz CT molecular complexity index is 834. The average molecular weight is 309 g/mol. The number of nitrogens with zero attached hydrogens (tertiary/aromatic N) is 3. The van der Waals surface area contributed by atoms with E-state index in [0.717, 1.165) is 52.8 Å². The van der Waals surface area contributed by atoms with Crippen LogP contribution in [0.4, 0.5) is 5.13 Å². The Labute approximate surface area is 132 Å². The first kappa shape index (κ1) is 13.2. The number of hydrogen-bond donors (Lipinski definition) is 2. The minimum Gasteiger partial charge on any atom is -0.356 e. The number of pyridine rings is 1. The Morgan fingerprint density at radius 3 is 3.09 bits per heavy atom. The lowest BCUT2D eigenvalue weighted by molar-refractivity contribution is 0.740. The third-order valence-electron chi connectivity index (χ3n) is 3.55. The fourth-order valence-corrected chi connectivity index (χ4v) is 3.21. The minimum absolute atomic E-state index is 0.812. The molecule has 110 valence electrons. The molecule has 0 unspecified atom stereocenters. The zero-order chi connectivity index (χ0) is 14.8. The lowest BCUT2D eigenvalue weighted by Gasteiger charge is -2.14. The number of thiazole rings is 1. The van der Waals surface area contributed by atoms with E-state index < -0.39 is 0 Å². The molecule has 0 bridgehead atoms. The first-order valence-electron chi connectivity index (χ1n) is 7.25. The fraction of sp³-hybridized carbons (Fsp3) is 0.188. The topological polar surface area (TPSA) is 62.2 Å². The van der Waals surface area contributed by atoms with Gasteiger partial charge >= 0.3 is 0 Å². The molecule has 1 aliphatic heterocycles. The van der Waals surface area contributed by atoms with Crippen molar-refractivity contribution in [2.45, 2.75) is 6.42 Å². The Balaban J connectivity index is 1.67. The number of benzene rings is 1. The maximum atomic E-state index is 4.68. The highest BCUT2D eigenvalue weighted by molar-refractivity contribution is 7.14. The summed E-state index contributed by atoms with van der Waals surface area (Å²) in [4.78, 5) is 13.5. The van der Waals surface area contributed by atoms with Crippen LogP contribution in [0.2, 0.25) is 0 Å². The highest BCUT2D eigenvalue weighted by Crippen LogP contribution is 2.30. The van der Waals surface area contributed by atoms with Gasteiger partial charge in [0, 0.05) is 35.6 Å². The highest BCUT2D eigenvalue weighted by Gasteiger charge is 2.10. The number of guanidine groups is 1. The highest BCUT2D eigenvalue weighted by atomic mass is 32.1. The van der Waals surface area contributed by atoms with Crippen molar-refractivity contribution >= 4 is 33.3 Å². The zero-order valence-corrected chi connectivity index (χ0v) is 12.7. The molecule has 0 fully saturated rings. The smallest absolute Gasteiger partial charge is 0.197 e. The van der Waals surface area contributed by atoms with Crippen LogP contribution in [0.15, 0.2) is 46.9 Å². The van der Waals surface area contributed by atoms with Gasteiger partial charge in [-0.15, -0.1) is 11.3 Å². The van der Waals surface area contributed by atoms with Crippen LogP contribution >= 0.6 is 11.3 Å². The van der Waals surface area contributed by atoms with E-state index in [1.165, 1.54) is 0 Å². The molecule has 0 saturated carbocycles. The van der Waals surface area contributed by atoms with Gasteiger partial charge < -0.3 is 10.6 Å². The second-order valence-electron chi connectivity index (χ2n) is 5.05. The van der Waals surface area contributed by atoms with Crippen molar-refractivity contribution < 1.29 is 0 Å². The molecule has 1 aromatic carbocycles. The summed E-state index contributed by atoms with van der Waals surface area (Å²) in [6, 6.07) is 10.2. The van der Waals surface area contributed by atoms with Crippen molar-refractivity contribution in [1.29, 1.82) is 0 Å². The molecule has 0 radical (unpaired) electrons. The van der Waals surface area contributed by atoms with Gasteiger partial charge in [-0.05, 0) is 18.6 Å². The van der Waals surface area contributed by atoms with Gasteiger partial charge in [0.05, 0.1) is 11.2 Å². The van der Waals surface area contributed by atoms with Crippen LogP contribution in [-0.4, -0.2) is 29.0 Å². The van der Waals surface area contributed by atoms with Crippen LogP contribution in [0.1, 0.15) is 6.42 Å². The predicted octanol–water partition coefficient (Wildman–Crippen LogP) is 3.12. The van der Waals surface area contributed by atoms with E-state index in [0.29, 0.717) is 0 Å². The van der Waals surface area contributed by atoms with Gasteiger partial charge in [-0.2, -0.15) is 0 Å². The van der Waals surface area contributed by atoms with Gasteiger partial charge in [0.1, 0.15) is 0 Å². The van der Waals surface area contributed by atoms with E-state index in [2.05, 4.69) is 43.1 Å². The van der Waals surface area contributed by atoms with Crippen LogP contribution in [-0.2, 0) is 0 Å². The Kier molecular flexibility index (Phi) is 3.44. The molecular weight excluding hydrogens is 294 g/mol. The Morgan fingerprint density at radius 2 is 2.18 bits per heavy atom. The SMILES string of the molecule is c1cc(-c2csc(NC3=NCCCN3)n2)c2cccnc2c1. The molecule has 0 spiro atoms. The molecule has 22 heavy (non-hydrogen) atoms. The summed E-state index contributed by atoms with van der Waals surface area (Å²) in [7, 11) is 0. The van der Waals surface area contributed by atoms with Crippen LogP contribution in [0.25, 0.3) is 22.2 Å². The predicted molar refractivity (Wildman–Crippen MR) is 91.4 cm³/mol. The minimum atomic E-state index is 0.812. The lowest BCUT2D eigenvalue weighted by Crippen LogP contribution is -2.35. The van der Waals surface area contributed by atoms with Gasteiger partial charge in [0.15, 0.2) is 11.1 Å². The third-order valence-corrected chi connectivity index (χ3v) is 4.31. The summed E-state index contributed by atoms with van der Waals surface area (Å²) in [6.07, 6.45) is 2.89. The standard InChI is InChI=1S/C16H15N5S/c1-4-12(11-5-2-7-17-13(11)6-1)14-10-22-16(20-14)21-15-18-8-3-9-19-15/h1-2,4-7,10H,3,8-9H2,(H2,18,19,20,21). The van der Waals surface area contributed by atoms with Crippen LogP contribution in [0, 0.1) is 0 Å². The molecule has 3 aromatic rings. The van der Waals surface area contributed by atoms with Crippen molar-refractivity contribution in [2.24, 2.45) is 4.99 Å². The van der Waals surface area contributed by atoms with E-state index in [1.54, 1.807) is 11.3 Å². The number of nitrogens with one attached hydrogen (secondary N) is 2. The van der Waals surface area contributed by atoms with Gasteiger partial charge in [-0.1, -0.05) is 18.2 Å². The number of aliphatic imine (C=N–C) groups is 1. The first-order valence-corrected chi connectivity index (χ1v) is 8.13. The Hall–Kier alpha value is -2.47. The largest absolute Gasteiger partial charge is 0.356 e. The van der Waals surface area contributed by atoms with E-state index in [-0.39, 0.29) is 0 Å². The first-order chi connectivity index (χ1) is 10.9. The normalized spacial score (nSPS) is 14.5. The number of rotatable bonds is 2. The molecule has 6 heteroatoms. The number of aromatic nitrogens is 2. The molecule has 0 amide bonds. The average Bonchev–Trinajstić information content (AvgIpc) is 3.03. The van der Waals surface area contributed by atoms with Crippen molar-refractivity contribution in [3.63, 3.8) is 0 Å². The summed E-state index contributed by atoms with van der Waals surface area (Å²) in [5, 5.41) is 10.5. The molecule has 5 nitrogen and oxygen atoms in total. The molecule has 2 N–H and O–H groups in total. The van der Waals surface area contributed by atoms with Crippen molar-refractivity contribution in [2.75, 3.05) is 18.4 Å². The maximum Gasteiger partial charge on any atom is 0.197 e. The molecule has 3 heterocycles. The quantitative estimate of drug-likeness (QED) is 0.763. The van der Waals surface area contributed by atoms with Gasteiger partial charge in [0.2, 0.25) is 0 Å². The monoisotopic (exact) mass is 309 g/mol. The molecule has 0 atom stereocenters. The van der Waals surface area contributed by atoms with E-state index in [4.69, 9.17) is 0 Å². The summed E-state index contributed by atoms with van der Waals surface area (Å²) in [6.45, 7) is 1.82. The van der Waals surface area contributed by atoms with E-state index >= 15 is 0 Å². The zero-order valence-electron chi connectivity index (χ0n) is 11.9. The summed E-state index contributed by atoms with van der Waals surface area (Å²) in [5.74, 6) is 0.812. The summed E-state index contributed by atoms with van der Waals surface area (Å²) >= 11 is 1.58. The summed E-state index contributed by atoms with van der Waals surface area (Å²) in [5.41, 5.74) is 3.05. The van der Waals surface area contributed by atoms with Crippen molar-refractivity contribution in [3.05, 3.63) is 41.9 Å². The van der Waals surface area contributed by atoms with Crippen LogP contribution in [0.3, 0.4) is 0 Å². The molecular formula is C16H15N5S. The number of fused-ring (bicyclic) bond motifs is 1. The van der Waals surface area contributed by atoms with Crippen LogP contribution in [0.5, 0.6) is 0 Å². The molecule has 1 aliphatic rings. The van der Waals surface area contributed by atoms with Gasteiger partial charge in [-0.25, -0.2) is 4.98 Å². The van der Waals surface area contributed by atoms with E-state index in [9.17, 15) is 0 Å². The number of anilines is 1. The maximum absolute atomic E-state index is 4.68. The van der Waals surface area contributed by atoms with Gasteiger partial charge in [0.25, 0.3) is 0 Å². The molecule has 2 aromatic heterocycles. The van der Waals surface area contributed by atoms with Crippen molar-refractivity contribution in [3.8, 4) is 11.3 Å². The molecule has 0 saturated heterocycles. The van der Waals surface area contributed by atoms with Crippen LogP contribution < -0.4 is 10.6 Å². The van der Waals surface area contributed by atoms with Crippen molar-refractivity contribution in [1.82, 2.24) is 15.3 Å². The second-order valence-corrected chi connectivity index (χ2v) is 5.91. The van der Waals surface area contributed by atoms with Gasteiger partial charge in [-0.3, -0.25) is 9.98 Å². The molecule has 0 aliphatic carbocycles. The lowest BCUT2D eigenvalue weighted by atomic mass is 10.1. The second kappa shape index (κ2) is 5.73. The molecule has 4 rings (SSSR count). The summed E-state index contributed by atoms with van der Waals surface area (Å²) < 4.78 is 0. The van der Waals surface area contributed by atoms with E-state index in [1.807, 2.05) is 24.4 Å². The number of hydrogen-bond acceptors (Lipinski definition) is 6.